The normalized spacial score (nSPS) is 12.3. The van der Waals surface area contributed by atoms with E-state index >= 15 is 0 Å². The highest BCUT2D eigenvalue weighted by Crippen LogP contribution is 2.27. The van der Waals surface area contributed by atoms with Gasteiger partial charge in [0.1, 0.15) is 0 Å². The molecule has 0 aliphatic carbocycles. The number of hydrogen-bond acceptors (Lipinski definition) is 2. The van der Waals surface area contributed by atoms with Gasteiger partial charge in [0.2, 0.25) is 0 Å². The summed E-state index contributed by atoms with van der Waals surface area (Å²) in [5.41, 5.74) is 6.87. The smallest absolute Gasteiger partial charge is 0.251 e. The maximum Gasteiger partial charge on any atom is 0.251 e. The molecule has 0 unspecified atom stereocenters. The van der Waals surface area contributed by atoms with Crippen molar-refractivity contribution in [3.8, 4) is 0 Å². The molecular weight excluding hydrogens is 224 g/mol. The molecule has 0 fully saturated rings. The molecule has 0 atom stereocenters. The van der Waals surface area contributed by atoms with Gasteiger partial charge in [0, 0.05) is 16.8 Å². The second-order valence-corrected chi connectivity index (χ2v) is 6.70. The summed E-state index contributed by atoms with van der Waals surface area (Å²) in [6.07, 6.45) is 0.917. The van der Waals surface area contributed by atoms with E-state index in [9.17, 15) is 4.79 Å². The maximum atomic E-state index is 12.1. The van der Waals surface area contributed by atoms with Crippen molar-refractivity contribution in [2.75, 3.05) is 5.73 Å². The van der Waals surface area contributed by atoms with Crippen molar-refractivity contribution in [2.24, 2.45) is 5.41 Å². The van der Waals surface area contributed by atoms with Gasteiger partial charge in [-0.25, -0.2) is 0 Å². The number of anilines is 1. The molecular formula is C15H24N2O. The fraction of sp³-hybridized carbons (Fsp3) is 0.533. The summed E-state index contributed by atoms with van der Waals surface area (Å²) in [5, 5.41) is 3.07. The van der Waals surface area contributed by atoms with Gasteiger partial charge in [-0.1, -0.05) is 20.8 Å². The molecule has 0 saturated heterocycles. The number of amides is 1. The van der Waals surface area contributed by atoms with E-state index < -0.39 is 0 Å². The molecule has 0 aliphatic heterocycles. The first-order valence-corrected chi connectivity index (χ1v) is 6.27. The summed E-state index contributed by atoms with van der Waals surface area (Å²) in [7, 11) is 0. The van der Waals surface area contributed by atoms with Crippen LogP contribution in [0.5, 0.6) is 0 Å². The molecule has 3 N–H and O–H groups in total. The third-order valence-corrected chi connectivity index (χ3v) is 2.60. The molecule has 3 heteroatoms. The lowest BCUT2D eigenvalue weighted by Gasteiger charge is -2.33. The number of carbonyl (C=O) groups excluding carboxylic acids is 1. The number of nitrogens with one attached hydrogen (secondary N) is 1. The van der Waals surface area contributed by atoms with Crippen LogP contribution in [-0.4, -0.2) is 11.4 Å². The first-order chi connectivity index (χ1) is 8.09. The van der Waals surface area contributed by atoms with Crippen LogP contribution >= 0.6 is 0 Å². The number of carbonyl (C=O) groups is 1. The molecule has 0 spiro atoms. The molecule has 0 bridgehead atoms. The molecule has 1 aromatic carbocycles. The van der Waals surface area contributed by atoms with Gasteiger partial charge in [-0.05, 0) is 49.9 Å². The van der Waals surface area contributed by atoms with Crippen molar-refractivity contribution in [3.63, 3.8) is 0 Å². The highest BCUT2D eigenvalue weighted by molar-refractivity contribution is 5.94. The van der Waals surface area contributed by atoms with Gasteiger partial charge in [0.05, 0.1) is 0 Å². The zero-order valence-corrected chi connectivity index (χ0v) is 12.0. The SMILES string of the molecule is CC(C)(C)CC(C)(C)NC(=O)c1ccc(N)cc1. The lowest BCUT2D eigenvalue weighted by atomic mass is 9.81. The number of nitrogen functional groups attached to an aromatic ring is 1. The lowest BCUT2D eigenvalue weighted by molar-refractivity contribution is 0.0891. The molecule has 0 aliphatic rings. The van der Waals surface area contributed by atoms with E-state index in [0.29, 0.717) is 11.3 Å². The predicted octanol–water partition coefficient (Wildman–Crippen LogP) is 3.21. The summed E-state index contributed by atoms with van der Waals surface area (Å²) in [5.74, 6) is -0.0516. The van der Waals surface area contributed by atoms with Crippen LogP contribution in [0.15, 0.2) is 24.3 Å². The van der Waals surface area contributed by atoms with E-state index in [4.69, 9.17) is 5.73 Å². The average Bonchev–Trinajstić information content (AvgIpc) is 2.13. The Labute approximate surface area is 110 Å². The average molecular weight is 248 g/mol. The number of benzene rings is 1. The van der Waals surface area contributed by atoms with Gasteiger partial charge in [-0.2, -0.15) is 0 Å². The monoisotopic (exact) mass is 248 g/mol. The van der Waals surface area contributed by atoms with Gasteiger partial charge in [0.25, 0.3) is 5.91 Å². The minimum Gasteiger partial charge on any atom is -0.399 e. The van der Waals surface area contributed by atoms with E-state index in [0.717, 1.165) is 6.42 Å². The largest absolute Gasteiger partial charge is 0.399 e. The van der Waals surface area contributed by atoms with E-state index in [1.807, 2.05) is 13.8 Å². The van der Waals surface area contributed by atoms with Crippen LogP contribution in [0.3, 0.4) is 0 Å². The van der Waals surface area contributed by atoms with E-state index in [-0.39, 0.29) is 16.9 Å². The zero-order valence-electron chi connectivity index (χ0n) is 12.0. The van der Waals surface area contributed by atoms with Crippen LogP contribution in [-0.2, 0) is 0 Å². The second-order valence-electron chi connectivity index (χ2n) is 6.70. The molecule has 1 amide bonds. The van der Waals surface area contributed by atoms with Crippen molar-refractivity contribution in [2.45, 2.75) is 46.6 Å². The van der Waals surface area contributed by atoms with Gasteiger partial charge in [0.15, 0.2) is 0 Å². The first-order valence-electron chi connectivity index (χ1n) is 6.27. The van der Waals surface area contributed by atoms with E-state index in [2.05, 4.69) is 26.1 Å². The standard InChI is InChI=1S/C15H24N2O/c1-14(2,3)10-15(4,5)17-13(18)11-6-8-12(16)9-7-11/h6-9H,10,16H2,1-5H3,(H,17,18). The topological polar surface area (TPSA) is 55.1 Å². The summed E-state index contributed by atoms with van der Waals surface area (Å²) in [6, 6.07) is 6.98. The Morgan fingerprint density at radius 2 is 1.61 bits per heavy atom. The van der Waals surface area contributed by atoms with Crippen LogP contribution in [0.4, 0.5) is 5.69 Å². The van der Waals surface area contributed by atoms with Crippen LogP contribution in [0.1, 0.15) is 51.4 Å². The molecule has 1 aromatic rings. The summed E-state index contributed by atoms with van der Waals surface area (Å²) >= 11 is 0. The Hall–Kier alpha value is -1.51. The van der Waals surface area contributed by atoms with Crippen molar-refractivity contribution in [1.82, 2.24) is 5.32 Å². The fourth-order valence-electron chi connectivity index (χ4n) is 2.38. The summed E-state index contributed by atoms with van der Waals surface area (Å²) < 4.78 is 0. The van der Waals surface area contributed by atoms with Crippen LogP contribution in [0.2, 0.25) is 0 Å². The van der Waals surface area contributed by atoms with Crippen molar-refractivity contribution in [3.05, 3.63) is 29.8 Å². The summed E-state index contributed by atoms with van der Waals surface area (Å²) in [6.45, 7) is 10.6. The molecule has 0 saturated carbocycles. The van der Waals surface area contributed by atoms with Crippen LogP contribution < -0.4 is 11.1 Å². The van der Waals surface area contributed by atoms with Crippen molar-refractivity contribution < 1.29 is 4.79 Å². The zero-order chi connectivity index (χ0) is 14.0. The molecule has 0 radical (unpaired) electrons. The lowest BCUT2D eigenvalue weighted by Crippen LogP contribution is -2.45. The van der Waals surface area contributed by atoms with Gasteiger partial charge in [-0.3, -0.25) is 4.79 Å². The number of nitrogens with two attached hydrogens (primary N) is 1. The van der Waals surface area contributed by atoms with Crippen molar-refractivity contribution in [1.29, 1.82) is 0 Å². The number of rotatable bonds is 3. The minimum atomic E-state index is -0.225. The van der Waals surface area contributed by atoms with Crippen molar-refractivity contribution >= 4 is 11.6 Å². The Kier molecular flexibility index (Phi) is 4.05. The maximum absolute atomic E-state index is 12.1. The second kappa shape index (κ2) is 5.01. The molecule has 0 aromatic heterocycles. The van der Waals surface area contributed by atoms with Gasteiger partial charge < -0.3 is 11.1 Å². The molecule has 18 heavy (non-hydrogen) atoms. The Morgan fingerprint density at radius 3 is 2.06 bits per heavy atom. The Bertz CT molecular complexity index is 413. The third kappa shape index (κ3) is 4.78. The minimum absolute atomic E-state index is 0.0516. The predicted molar refractivity (Wildman–Crippen MR) is 76.5 cm³/mol. The Balaban J connectivity index is 2.72. The highest BCUT2D eigenvalue weighted by atomic mass is 16.1. The van der Waals surface area contributed by atoms with Gasteiger partial charge in [-0.15, -0.1) is 0 Å². The van der Waals surface area contributed by atoms with Gasteiger partial charge >= 0.3 is 0 Å². The molecule has 0 heterocycles. The van der Waals surface area contributed by atoms with Crippen LogP contribution in [0, 0.1) is 5.41 Å². The highest BCUT2D eigenvalue weighted by Gasteiger charge is 2.27. The van der Waals surface area contributed by atoms with E-state index in [1.54, 1.807) is 24.3 Å². The Morgan fingerprint density at radius 1 is 1.11 bits per heavy atom. The third-order valence-electron chi connectivity index (χ3n) is 2.60. The first kappa shape index (κ1) is 14.6. The quantitative estimate of drug-likeness (QED) is 0.807. The number of hydrogen-bond donors (Lipinski definition) is 2. The molecule has 1 rings (SSSR count). The molecule has 3 nitrogen and oxygen atoms in total. The van der Waals surface area contributed by atoms with E-state index in [1.165, 1.54) is 0 Å². The molecule has 100 valence electrons. The fourth-order valence-corrected chi connectivity index (χ4v) is 2.38. The van der Waals surface area contributed by atoms with Crippen LogP contribution in [0.25, 0.3) is 0 Å². The summed E-state index contributed by atoms with van der Waals surface area (Å²) in [4.78, 5) is 12.1.